The van der Waals surface area contributed by atoms with Crippen molar-refractivity contribution in [3.63, 3.8) is 0 Å². The maximum absolute atomic E-state index is 11.5. The lowest BCUT2D eigenvalue weighted by atomic mass is 10.2. The van der Waals surface area contributed by atoms with E-state index in [2.05, 4.69) is 4.74 Å². The van der Waals surface area contributed by atoms with Gasteiger partial charge < -0.3 is 29.4 Å². The molecule has 0 saturated carbocycles. The van der Waals surface area contributed by atoms with Crippen molar-refractivity contribution in [3.05, 3.63) is 23.8 Å². The Balaban J connectivity index is 1.78. The van der Waals surface area contributed by atoms with Crippen molar-refractivity contribution in [2.75, 3.05) is 40.5 Å². The Labute approximate surface area is 141 Å². The van der Waals surface area contributed by atoms with Gasteiger partial charge in [0.1, 0.15) is 31.9 Å². The molecule has 2 atom stereocenters. The van der Waals surface area contributed by atoms with Gasteiger partial charge in [0.05, 0.1) is 19.8 Å². The molecule has 24 heavy (non-hydrogen) atoms. The molecule has 0 radical (unpaired) electrons. The van der Waals surface area contributed by atoms with Crippen LogP contribution >= 0.6 is 0 Å². The average molecular weight is 340 g/mol. The second-order valence-electron chi connectivity index (χ2n) is 5.72. The van der Waals surface area contributed by atoms with Crippen molar-refractivity contribution in [3.8, 4) is 11.5 Å². The third-order valence-corrected chi connectivity index (χ3v) is 3.91. The fourth-order valence-electron chi connectivity index (χ4n) is 2.59. The predicted octanol–water partition coefficient (Wildman–Crippen LogP) is -0.0361. The summed E-state index contributed by atoms with van der Waals surface area (Å²) in [6.07, 6.45) is 1.90. The number of nitrogens with two attached hydrogens (primary N) is 1. The molecule has 1 fully saturated rings. The van der Waals surface area contributed by atoms with Gasteiger partial charge in [-0.3, -0.25) is 0 Å². The van der Waals surface area contributed by atoms with Crippen LogP contribution in [0, 0.1) is 0 Å². The molecule has 0 aromatic heterocycles. The van der Waals surface area contributed by atoms with E-state index in [1.165, 1.54) is 14.2 Å². The van der Waals surface area contributed by atoms with Crippen LogP contribution in [0.15, 0.2) is 18.2 Å². The molecule has 1 heterocycles. The molecular weight excluding hydrogens is 314 g/mol. The van der Waals surface area contributed by atoms with Crippen LogP contribution in [-0.2, 0) is 9.47 Å². The van der Waals surface area contributed by atoms with E-state index in [1.807, 2.05) is 5.32 Å². The molecule has 2 rings (SSSR count). The van der Waals surface area contributed by atoms with Crippen molar-refractivity contribution in [1.82, 2.24) is 0 Å². The Morgan fingerprint density at radius 2 is 2.25 bits per heavy atom. The highest BCUT2D eigenvalue weighted by molar-refractivity contribution is 5.90. The van der Waals surface area contributed by atoms with Crippen LogP contribution in [0.4, 0.5) is 0 Å². The first-order valence-corrected chi connectivity index (χ1v) is 8.14. The summed E-state index contributed by atoms with van der Waals surface area (Å²) >= 11 is 0. The molecule has 1 aliphatic rings. The van der Waals surface area contributed by atoms with Crippen molar-refractivity contribution in [2.45, 2.75) is 25.0 Å². The number of hydrogen-bond acceptors (Lipinski definition) is 6. The van der Waals surface area contributed by atoms with E-state index in [1.54, 1.807) is 18.2 Å². The van der Waals surface area contributed by atoms with Gasteiger partial charge in [-0.05, 0) is 31.0 Å². The Hall–Kier alpha value is -1.83. The lowest BCUT2D eigenvalue weighted by Gasteiger charge is -2.15. The predicted molar refractivity (Wildman–Crippen MR) is 86.5 cm³/mol. The molecule has 0 aliphatic carbocycles. The largest absolute Gasteiger partial charge is 0.493 e. The smallest absolute Gasteiger partial charge is 0.337 e. The van der Waals surface area contributed by atoms with Crippen LogP contribution in [0.1, 0.15) is 23.2 Å². The van der Waals surface area contributed by atoms with Crippen LogP contribution in [0.2, 0.25) is 0 Å². The minimum atomic E-state index is -0.601. The zero-order valence-corrected chi connectivity index (χ0v) is 14.2. The second-order valence-corrected chi connectivity index (χ2v) is 5.72. The van der Waals surface area contributed by atoms with Crippen molar-refractivity contribution < 1.29 is 34.2 Å². The van der Waals surface area contributed by atoms with Crippen LogP contribution in [-0.4, -0.2) is 63.8 Å². The topological polar surface area (TPSA) is 90.8 Å². The van der Waals surface area contributed by atoms with Crippen molar-refractivity contribution in [2.24, 2.45) is 0 Å². The van der Waals surface area contributed by atoms with Gasteiger partial charge in [0.2, 0.25) is 0 Å². The second kappa shape index (κ2) is 9.46. The molecule has 134 valence electrons. The fraction of sp³-hybridized carbons (Fsp3) is 0.588. The summed E-state index contributed by atoms with van der Waals surface area (Å²) in [6, 6.07) is 4.78. The maximum atomic E-state index is 11.5. The maximum Gasteiger partial charge on any atom is 0.337 e. The van der Waals surface area contributed by atoms with E-state index in [-0.39, 0.29) is 6.61 Å². The van der Waals surface area contributed by atoms with E-state index < -0.39 is 12.1 Å². The first kappa shape index (κ1) is 18.5. The Morgan fingerprint density at radius 3 is 2.92 bits per heavy atom. The summed E-state index contributed by atoms with van der Waals surface area (Å²) in [4.78, 5) is 11.5. The van der Waals surface area contributed by atoms with E-state index in [4.69, 9.17) is 14.2 Å². The van der Waals surface area contributed by atoms with Crippen LogP contribution in [0.3, 0.4) is 0 Å². The summed E-state index contributed by atoms with van der Waals surface area (Å²) in [5.74, 6) is 0.459. The number of rotatable bonds is 9. The summed E-state index contributed by atoms with van der Waals surface area (Å²) in [7, 11) is 2.82. The Kier molecular flexibility index (Phi) is 7.30. The van der Waals surface area contributed by atoms with Gasteiger partial charge in [-0.1, -0.05) is 0 Å². The van der Waals surface area contributed by atoms with Crippen LogP contribution in [0.5, 0.6) is 11.5 Å². The van der Waals surface area contributed by atoms with Gasteiger partial charge >= 0.3 is 5.97 Å². The molecule has 1 saturated heterocycles. The quantitative estimate of drug-likeness (QED) is 0.613. The summed E-state index contributed by atoms with van der Waals surface area (Å²) < 4.78 is 21.0. The first-order valence-electron chi connectivity index (χ1n) is 8.14. The number of ether oxygens (including phenoxy) is 4. The fourth-order valence-corrected chi connectivity index (χ4v) is 2.59. The Bertz CT molecular complexity index is 530. The number of hydrogen-bond donors (Lipinski definition) is 2. The van der Waals surface area contributed by atoms with Gasteiger partial charge in [-0.2, -0.15) is 0 Å². The number of esters is 1. The van der Waals surface area contributed by atoms with E-state index in [0.29, 0.717) is 29.7 Å². The molecule has 7 nitrogen and oxygen atoms in total. The monoisotopic (exact) mass is 340 g/mol. The van der Waals surface area contributed by atoms with E-state index in [0.717, 1.165) is 26.0 Å². The summed E-state index contributed by atoms with van der Waals surface area (Å²) in [5, 5.41) is 12.1. The molecule has 1 aromatic rings. The normalized spacial score (nSPS) is 18.2. The molecule has 0 unspecified atom stereocenters. The number of carbonyl (C=O) groups is 1. The van der Waals surface area contributed by atoms with E-state index in [9.17, 15) is 9.90 Å². The molecule has 0 spiro atoms. The number of benzene rings is 1. The molecule has 3 N–H and O–H groups in total. The highest BCUT2D eigenvalue weighted by atomic mass is 16.5. The first-order chi connectivity index (χ1) is 11.6. The van der Waals surface area contributed by atoms with Gasteiger partial charge in [0, 0.05) is 6.61 Å². The average Bonchev–Trinajstić information content (AvgIpc) is 3.12. The molecule has 7 heteroatoms. The van der Waals surface area contributed by atoms with Crippen molar-refractivity contribution >= 4 is 5.97 Å². The number of aliphatic hydroxyl groups is 1. The summed E-state index contributed by atoms with van der Waals surface area (Å²) in [5.41, 5.74) is 0.382. The van der Waals surface area contributed by atoms with Crippen LogP contribution < -0.4 is 14.8 Å². The van der Waals surface area contributed by atoms with Crippen LogP contribution in [0.25, 0.3) is 0 Å². The Morgan fingerprint density at radius 1 is 1.42 bits per heavy atom. The standard InChI is InChI=1S/C17H25NO6/c1-21-16-8-12(17(20)22-2)5-6-15(16)24-11-13(19)9-18-10-14-4-3-7-23-14/h5-6,8,13-14,18-19H,3-4,7,9-11H2,1-2H3/p+1/t13-,14+/m0/s1. The summed E-state index contributed by atoms with van der Waals surface area (Å²) in [6.45, 7) is 2.39. The minimum absolute atomic E-state index is 0.149. The zero-order chi connectivity index (χ0) is 17.4. The molecule has 1 aromatic carbocycles. The van der Waals surface area contributed by atoms with Gasteiger partial charge in [0.15, 0.2) is 11.5 Å². The third-order valence-electron chi connectivity index (χ3n) is 3.91. The number of aliphatic hydroxyl groups excluding tert-OH is 1. The lowest BCUT2D eigenvalue weighted by Crippen LogP contribution is -2.88. The van der Waals surface area contributed by atoms with Crippen molar-refractivity contribution in [1.29, 1.82) is 0 Å². The number of methoxy groups -OCH3 is 2. The number of carbonyl (C=O) groups excluding carboxylic acids is 1. The van der Waals surface area contributed by atoms with Gasteiger partial charge in [-0.15, -0.1) is 0 Å². The third kappa shape index (κ3) is 5.36. The molecule has 1 aliphatic heterocycles. The molecule has 0 bridgehead atoms. The van der Waals surface area contributed by atoms with Gasteiger partial charge in [0.25, 0.3) is 0 Å². The van der Waals surface area contributed by atoms with Gasteiger partial charge in [-0.25, -0.2) is 4.79 Å². The minimum Gasteiger partial charge on any atom is -0.493 e. The molecule has 0 amide bonds. The molecular formula is C17H26NO6+. The zero-order valence-electron chi connectivity index (χ0n) is 14.2. The SMILES string of the molecule is COC(=O)c1ccc(OC[C@@H](O)C[NH2+]C[C@H]2CCCO2)c(OC)c1. The highest BCUT2D eigenvalue weighted by Gasteiger charge is 2.18. The highest BCUT2D eigenvalue weighted by Crippen LogP contribution is 2.28. The van der Waals surface area contributed by atoms with E-state index >= 15 is 0 Å². The lowest BCUT2D eigenvalue weighted by molar-refractivity contribution is -0.666. The number of quaternary nitrogens is 1.